The minimum Gasteiger partial charge on any atom is -0.396 e. The number of pyridine rings is 1. The number of nitrogen functional groups attached to an aromatic ring is 1. The maximum absolute atomic E-state index is 8.50. The predicted molar refractivity (Wildman–Crippen MR) is 44.2 cm³/mol. The molecule has 0 saturated heterocycles. The fraction of sp³-hybridized carbons (Fsp3) is 0.286. The molecule has 4 N–H and O–H groups in total. The zero-order valence-electron chi connectivity index (χ0n) is 6.12. The Morgan fingerprint density at radius 2 is 2.45 bits per heavy atom. The van der Waals surface area contributed by atoms with Crippen molar-refractivity contribution in [3.8, 4) is 0 Å². The Morgan fingerprint density at radius 1 is 1.64 bits per heavy atom. The van der Waals surface area contributed by atoms with E-state index in [1.165, 1.54) is 0 Å². The molecular formula is C7H11N3O. The summed E-state index contributed by atoms with van der Waals surface area (Å²) in [5.41, 5.74) is 6.97. The van der Waals surface area contributed by atoms with Crippen LogP contribution in [0.5, 0.6) is 0 Å². The lowest BCUT2D eigenvalue weighted by molar-refractivity contribution is 0.311. The normalized spacial score (nSPS) is 9.55. The van der Waals surface area contributed by atoms with Crippen molar-refractivity contribution >= 4 is 11.4 Å². The van der Waals surface area contributed by atoms with E-state index in [9.17, 15) is 0 Å². The Balaban J connectivity index is 2.62. The van der Waals surface area contributed by atoms with Gasteiger partial charge in [-0.05, 0) is 6.07 Å². The summed E-state index contributed by atoms with van der Waals surface area (Å²) < 4.78 is 0. The van der Waals surface area contributed by atoms with Crippen LogP contribution < -0.4 is 11.1 Å². The highest BCUT2D eigenvalue weighted by Gasteiger charge is 1.94. The fourth-order valence-corrected chi connectivity index (χ4v) is 0.758. The first-order chi connectivity index (χ1) is 5.34. The van der Waals surface area contributed by atoms with E-state index in [0.717, 1.165) is 5.69 Å². The topological polar surface area (TPSA) is 71.2 Å². The minimum absolute atomic E-state index is 0.0990. The molecule has 4 heteroatoms. The maximum Gasteiger partial charge on any atom is 0.0736 e. The number of aromatic nitrogens is 1. The number of aliphatic hydroxyl groups excluding tert-OH is 1. The molecule has 1 aromatic rings. The lowest BCUT2D eigenvalue weighted by Gasteiger charge is -2.05. The van der Waals surface area contributed by atoms with E-state index in [0.29, 0.717) is 12.2 Å². The summed E-state index contributed by atoms with van der Waals surface area (Å²) in [5.74, 6) is 0. The van der Waals surface area contributed by atoms with Gasteiger partial charge in [0, 0.05) is 12.7 Å². The average Bonchev–Trinajstić information content (AvgIpc) is 2.03. The Bertz CT molecular complexity index is 227. The van der Waals surface area contributed by atoms with Crippen LogP contribution in [0.1, 0.15) is 0 Å². The first kappa shape index (κ1) is 7.81. The number of hydrogen-bond donors (Lipinski definition) is 3. The summed E-state index contributed by atoms with van der Waals surface area (Å²) in [6, 6.07) is 1.77. The van der Waals surface area contributed by atoms with Crippen molar-refractivity contribution in [2.45, 2.75) is 0 Å². The number of nitrogens with one attached hydrogen (secondary N) is 1. The zero-order chi connectivity index (χ0) is 8.10. The van der Waals surface area contributed by atoms with E-state index in [1.54, 1.807) is 18.5 Å². The average molecular weight is 153 g/mol. The second kappa shape index (κ2) is 3.78. The molecule has 0 radical (unpaired) electrons. The molecule has 0 aliphatic heterocycles. The van der Waals surface area contributed by atoms with Gasteiger partial charge >= 0.3 is 0 Å². The second-order valence-corrected chi connectivity index (χ2v) is 2.11. The second-order valence-electron chi connectivity index (χ2n) is 2.11. The van der Waals surface area contributed by atoms with Gasteiger partial charge in [-0.3, -0.25) is 4.98 Å². The van der Waals surface area contributed by atoms with Gasteiger partial charge in [0.05, 0.1) is 24.2 Å². The highest BCUT2D eigenvalue weighted by Crippen LogP contribution is 2.13. The third-order valence-corrected chi connectivity index (χ3v) is 1.28. The van der Waals surface area contributed by atoms with E-state index < -0.39 is 0 Å². The van der Waals surface area contributed by atoms with Crippen molar-refractivity contribution in [1.82, 2.24) is 4.98 Å². The van der Waals surface area contributed by atoms with Crippen LogP contribution in [0.25, 0.3) is 0 Å². The van der Waals surface area contributed by atoms with Crippen molar-refractivity contribution in [2.75, 3.05) is 24.2 Å². The van der Waals surface area contributed by atoms with Gasteiger partial charge < -0.3 is 16.2 Å². The lowest BCUT2D eigenvalue weighted by Crippen LogP contribution is -2.07. The van der Waals surface area contributed by atoms with Gasteiger partial charge in [-0.25, -0.2) is 0 Å². The lowest BCUT2D eigenvalue weighted by atomic mass is 10.3. The van der Waals surface area contributed by atoms with Gasteiger partial charge in [0.2, 0.25) is 0 Å². The molecule has 60 valence electrons. The maximum atomic E-state index is 8.50. The van der Waals surface area contributed by atoms with Crippen LogP contribution in [0.3, 0.4) is 0 Å². The van der Waals surface area contributed by atoms with Crippen molar-refractivity contribution in [2.24, 2.45) is 0 Å². The van der Waals surface area contributed by atoms with E-state index in [2.05, 4.69) is 10.3 Å². The molecule has 0 fully saturated rings. The molecule has 4 nitrogen and oxygen atoms in total. The van der Waals surface area contributed by atoms with Gasteiger partial charge in [-0.1, -0.05) is 0 Å². The molecule has 0 saturated carbocycles. The molecule has 0 spiro atoms. The quantitative estimate of drug-likeness (QED) is 0.574. The van der Waals surface area contributed by atoms with Gasteiger partial charge in [-0.2, -0.15) is 0 Å². The third kappa shape index (κ3) is 2.09. The summed E-state index contributed by atoms with van der Waals surface area (Å²) in [4.78, 5) is 3.83. The molecule has 1 heterocycles. The van der Waals surface area contributed by atoms with E-state index >= 15 is 0 Å². The molecule has 1 rings (SSSR count). The first-order valence-electron chi connectivity index (χ1n) is 3.39. The monoisotopic (exact) mass is 153 g/mol. The van der Waals surface area contributed by atoms with Crippen LogP contribution in [-0.4, -0.2) is 23.2 Å². The molecule has 11 heavy (non-hydrogen) atoms. The molecule has 1 aromatic heterocycles. The van der Waals surface area contributed by atoms with E-state index in [4.69, 9.17) is 10.8 Å². The van der Waals surface area contributed by atoms with Gasteiger partial charge in [-0.15, -0.1) is 0 Å². The molecule has 0 aliphatic rings. The smallest absolute Gasteiger partial charge is 0.0736 e. The third-order valence-electron chi connectivity index (χ3n) is 1.28. The summed E-state index contributed by atoms with van der Waals surface area (Å²) in [6.45, 7) is 0.607. The summed E-state index contributed by atoms with van der Waals surface area (Å²) in [7, 11) is 0. The van der Waals surface area contributed by atoms with Crippen LogP contribution in [-0.2, 0) is 0 Å². The van der Waals surface area contributed by atoms with E-state index in [1.807, 2.05) is 0 Å². The Labute approximate surface area is 65.1 Å². The van der Waals surface area contributed by atoms with Crippen LogP contribution >= 0.6 is 0 Å². The van der Waals surface area contributed by atoms with Crippen molar-refractivity contribution in [3.05, 3.63) is 18.5 Å². The summed E-state index contributed by atoms with van der Waals surface area (Å²) >= 11 is 0. The van der Waals surface area contributed by atoms with Crippen LogP contribution in [0.2, 0.25) is 0 Å². The molecular weight excluding hydrogens is 142 g/mol. The molecule has 0 atom stereocenters. The van der Waals surface area contributed by atoms with Crippen LogP contribution in [0.4, 0.5) is 11.4 Å². The number of nitrogens with two attached hydrogens (primary N) is 1. The number of hydrogen-bond acceptors (Lipinski definition) is 4. The number of nitrogens with zero attached hydrogens (tertiary/aromatic N) is 1. The molecule has 0 unspecified atom stereocenters. The fourth-order valence-electron chi connectivity index (χ4n) is 0.758. The van der Waals surface area contributed by atoms with Crippen LogP contribution in [0.15, 0.2) is 18.5 Å². The van der Waals surface area contributed by atoms with Crippen molar-refractivity contribution < 1.29 is 5.11 Å². The number of rotatable bonds is 3. The Kier molecular flexibility index (Phi) is 2.68. The number of aliphatic hydroxyl groups is 1. The summed E-state index contributed by atoms with van der Waals surface area (Å²) in [6.07, 6.45) is 3.22. The zero-order valence-corrected chi connectivity index (χ0v) is 6.12. The Morgan fingerprint density at radius 3 is 3.09 bits per heavy atom. The van der Waals surface area contributed by atoms with Gasteiger partial charge in [0.1, 0.15) is 0 Å². The minimum atomic E-state index is 0.0990. The van der Waals surface area contributed by atoms with Gasteiger partial charge in [0.25, 0.3) is 0 Å². The highest BCUT2D eigenvalue weighted by atomic mass is 16.3. The molecule has 0 aromatic carbocycles. The molecule has 0 aliphatic carbocycles. The predicted octanol–water partition coefficient (Wildman–Crippen LogP) is 0.0680. The van der Waals surface area contributed by atoms with Crippen LogP contribution in [0, 0.1) is 0 Å². The number of anilines is 2. The van der Waals surface area contributed by atoms with Crippen molar-refractivity contribution in [3.63, 3.8) is 0 Å². The Hall–Kier alpha value is -1.29. The largest absolute Gasteiger partial charge is 0.396 e. The van der Waals surface area contributed by atoms with Gasteiger partial charge in [0.15, 0.2) is 0 Å². The standard InChI is InChI=1S/C7H11N3O/c8-6-5-9-2-1-7(6)10-3-4-11/h1-2,5,11H,3-4,8H2,(H,9,10). The van der Waals surface area contributed by atoms with Crippen molar-refractivity contribution in [1.29, 1.82) is 0 Å². The molecule has 0 amide bonds. The highest BCUT2D eigenvalue weighted by molar-refractivity contribution is 5.63. The first-order valence-corrected chi connectivity index (χ1v) is 3.39. The van der Waals surface area contributed by atoms with E-state index in [-0.39, 0.29) is 6.61 Å². The summed E-state index contributed by atoms with van der Waals surface area (Å²) in [5, 5.41) is 11.4. The molecule has 0 bridgehead atoms. The SMILES string of the molecule is Nc1cnccc1NCCO.